The minimum atomic E-state index is -1.01. The first-order chi connectivity index (χ1) is 9.65. The zero-order valence-corrected chi connectivity index (χ0v) is 11.0. The average Bonchev–Trinajstić information content (AvgIpc) is 2.88. The second-order valence-electron chi connectivity index (χ2n) is 4.23. The molecule has 6 heteroatoms. The largest absolute Gasteiger partial charge is 0.478 e. The summed E-state index contributed by atoms with van der Waals surface area (Å²) < 4.78 is 0. The van der Waals surface area contributed by atoms with Gasteiger partial charge in [-0.2, -0.15) is 0 Å². The van der Waals surface area contributed by atoms with Gasteiger partial charge in [-0.3, -0.25) is 0 Å². The lowest BCUT2D eigenvalue weighted by atomic mass is 10.2. The molecule has 0 saturated carbocycles. The molecule has 0 saturated heterocycles. The summed E-state index contributed by atoms with van der Waals surface area (Å²) in [6.07, 6.45) is 3.01. The number of hydrogen-bond acceptors (Lipinski definition) is 3. The first-order valence-electron chi connectivity index (χ1n) is 5.87. The summed E-state index contributed by atoms with van der Waals surface area (Å²) in [6, 6.07) is 9.01. The van der Waals surface area contributed by atoms with E-state index in [1.54, 1.807) is 24.4 Å². The van der Waals surface area contributed by atoms with E-state index in [1.165, 1.54) is 6.20 Å². The Hall–Kier alpha value is -2.53. The highest BCUT2D eigenvalue weighted by atomic mass is 35.5. The minimum Gasteiger partial charge on any atom is -0.478 e. The fourth-order valence-electron chi connectivity index (χ4n) is 2.02. The van der Waals surface area contributed by atoms with E-state index in [-0.39, 0.29) is 5.56 Å². The van der Waals surface area contributed by atoms with Crippen molar-refractivity contribution < 1.29 is 9.90 Å². The van der Waals surface area contributed by atoms with Crippen molar-refractivity contribution >= 4 is 40.0 Å². The van der Waals surface area contributed by atoms with Gasteiger partial charge in [0.25, 0.3) is 0 Å². The third-order valence-corrected chi connectivity index (χ3v) is 3.15. The average molecular weight is 288 g/mol. The number of nitrogens with one attached hydrogen (secondary N) is 2. The van der Waals surface area contributed by atoms with Crippen molar-refractivity contribution in [2.75, 3.05) is 5.32 Å². The number of pyridine rings is 1. The van der Waals surface area contributed by atoms with E-state index in [0.717, 1.165) is 5.69 Å². The van der Waals surface area contributed by atoms with E-state index in [9.17, 15) is 4.79 Å². The molecule has 0 bridgehead atoms. The molecule has 100 valence electrons. The molecular formula is C14H10ClN3O2. The van der Waals surface area contributed by atoms with E-state index in [2.05, 4.69) is 15.3 Å². The Morgan fingerprint density at radius 2 is 2.20 bits per heavy atom. The zero-order valence-electron chi connectivity index (χ0n) is 10.2. The summed E-state index contributed by atoms with van der Waals surface area (Å²) in [5.41, 5.74) is 1.47. The van der Waals surface area contributed by atoms with Crippen LogP contribution in [0.3, 0.4) is 0 Å². The van der Waals surface area contributed by atoms with Gasteiger partial charge in [-0.25, -0.2) is 9.78 Å². The molecule has 3 aromatic rings. The molecule has 0 amide bonds. The minimum absolute atomic E-state index is 0.140. The Labute approximate surface area is 119 Å². The maximum absolute atomic E-state index is 11.1. The summed E-state index contributed by atoms with van der Waals surface area (Å²) in [4.78, 5) is 18.2. The predicted octanol–water partition coefficient (Wildman–Crippen LogP) is 3.66. The number of H-pyrrole nitrogens is 1. The number of aromatic nitrogens is 2. The van der Waals surface area contributed by atoms with Crippen molar-refractivity contribution in [1.82, 2.24) is 9.97 Å². The van der Waals surface area contributed by atoms with Crippen molar-refractivity contribution in [2.24, 2.45) is 0 Å². The van der Waals surface area contributed by atoms with Gasteiger partial charge in [-0.05, 0) is 24.3 Å². The van der Waals surface area contributed by atoms with Crippen LogP contribution in [0.2, 0.25) is 5.02 Å². The number of nitrogens with zero attached hydrogens (tertiary/aromatic N) is 1. The number of benzene rings is 1. The fraction of sp³-hybridized carbons (Fsp3) is 0. The van der Waals surface area contributed by atoms with E-state index in [1.807, 2.05) is 12.1 Å². The van der Waals surface area contributed by atoms with Crippen LogP contribution in [-0.4, -0.2) is 21.0 Å². The fourth-order valence-corrected chi connectivity index (χ4v) is 2.21. The van der Waals surface area contributed by atoms with Crippen molar-refractivity contribution in [3.63, 3.8) is 0 Å². The third kappa shape index (κ3) is 2.19. The number of rotatable bonds is 3. The number of aromatic amines is 1. The smallest absolute Gasteiger partial charge is 0.339 e. The molecule has 0 aliphatic carbocycles. The molecule has 20 heavy (non-hydrogen) atoms. The van der Waals surface area contributed by atoms with Gasteiger partial charge in [0.2, 0.25) is 0 Å². The molecule has 0 radical (unpaired) electrons. The molecule has 1 aromatic carbocycles. The molecule has 2 heterocycles. The Morgan fingerprint density at radius 3 is 2.95 bits per heavy atom. The number of hydrogen-bond donors (Lipinski definition) is 3. The van der Waals surface area contributed by atoms with Gasteiger partial charge < -0.3 is 15.4 Å². The van der Waals surface area contributed by atoms with E-state index >= 15 is 0 Å². The number of halogens is 1. The lowest BCUT2D eigenvalue weighted by Crippen LogP contribution is -2.01. The number of aromatic carboxylic acids is 1. The summed E-state index contributed by atoms with van der Waals surface area (Å²) in [5.74, 6) is -0.437. The molecule has 2 aromatic heterocycles. The van der Waals surface area contributed by atoms with Crippen LogP contribution in [0.1, 0.15) is 10.4 Å². The lowest BCUT2D eigenvalue weighted by molar-refractivity contribution is 0.0698. The summed E-state index contributed by atoms with van der Waals surface area (Å²) in [7, 11) is 0. The van der Waals surface area contributed by atoms with Crippen LogP contribution < -0.4 is 5.32 Å². The van der Waals surface area contributed by atoms with Gasteiger partial charge >= 0.3 is 5.97 Å². The van der Waals surface area contributed by atoms with Crippen LogP contribution in [0.4, 0.5) is 11.5 Å². The highest BCUT2D eigenvalue weighted by molar-refractivity contribution is 6.30. The normalized spacial score (nSPS) is 10.7. The van der Waals surface area contributed by atoms with Gasteiger partial charge in [0.05, 0.1) is 5.52 Å². The standard InChI is InChI=1S/C14H10ClN3O2/c15-8-2-1-3-9(6-8)18-13-10-4-5-16-12(10)11(7-17-13)14(19)20/h1-7,16H,(H,17,18)(H,19,20). The molecule has 0 spiro atoms. The van der Waals surface area contributed by atoms with Crippen LogP contribution in [-0.2, 0) is 0 Å². The molecule has 0 atom stereocenters. The van der Waals surface area contributed by atoms with Gasteiger partial charge in [0.15, 0.2) is 0 Å². The van der Waals surface area contributed by atoms with Gasteiger partial charge in [0.1, 0.15) is 11.4 Å². The van der Waals surface area contributed by atoms with Crippen LogP contribution in [0, 0.1) is 0 Å². The number of fused-ring (bicyclic) bond motifs is 1. The number of carboxylic acid groups (broad SMARTS) is 1. The molecule has 3 rings (SSSR count). The second-order valence-corrected chi connectivity index (χ2v) is 4.66. The first kappa shape index (κ1) is 12.5. The lowest BCUT2D eigenvalue weighted by Gasteiger charge is -2.08. The second kappa shape index (κ2) is 4.86. The maximum Gasteiger partial charge on any atom is 0.339 e. The Kier molecular flexibility index (Phi) is 3.04. The Bertz CT molecular complexity index is 798. The number of anilines is 2. The summed E-state index contributed by atoms with van der Waals surface area (Å²) in [6.45, 7) is 0. The zero-order chi connectivity index (χ0) is 14.1. The molecular weight excluding hydrogens is 278 g/mol. The monoisotopic (exact) mass is 287 g/mol. The van der Waals surface area contributed by atoms with Gasteiger partial charge in [-0.1, -0.05) is 17.7 Å². The van der Waals surface area contributed by atoms with Gasteiger partial charge in [-0.15, -0.1) is 0 Å². The topological polar surface area (TPSA) is 78.0 Å². The van der Waals surface area contributed by atoms with E-state index in [4.69, 9.17) is 16.7 Å². The van der Waals surface area contributed by atoms with E-state index in [0.29, 0.717) is 21.7 Å². The molecule has 0 aliphatic heterocycles. The summed E-state index contributed by atoms with van der Waals surface area (Å²) >= 11 is 5.93. The third-order valence-electron chi connectivity index (χ3n) is 2.91. The van der Waals surface area contributed by atoms with E-state index < -0.39 is 5.97 Å². The molecule has 0 unspecified atom stereocenters. The maximum atomic E-state index is 11.1. The quantitative estimate of drug-likeness (QED) is 0.687. The van der Waals surface area contributed by atoms with Crippen LogP contribution >= 0.6 is 11.6 Å². The first-order valence-corrected chi connectivity index (χ1v) is 6.25. The predicted molar refractivity (Wildman–Crippen MR) is 77.8 cm³/mol. The Balaban J connectivity index is 2.07. The number of carboxylic acids is 1. The van der Waals surface area contributed by atoms with Crippen molar-refractivity contribution in [3.05, 3.63) is 53.3 Å². The highest BCUT2D eigenvalue weighted by Crippen LogP contribution is 2.27. The summed E-state index contributed by atoms with van der Waals surface area (Å²) in [5, 5.41) is 13.6. The SMILES string of the molecule is O=C(O)c1cnc(Nc2cccc(Cl)c2)c2cc[nH]c12. The molecule has 3 N–H and O–H groups in total. The van der Waals surface area contributed by atoms with Crippen molar-refractivity contribution in [3.8, 4) is 0 Å². The van der Waals surface area contributed by atoms with Crippen molar-refractivity contribution in [1.29, 1.82) is 0 Å². The molecule has 0 aliphatic rings. The highest BCUT2D eigenvalue weighted by Gasteiger charge is 2.13. The van der Waals surface area contributed by atoms with Crippen LogP contribution in [0.25, 0.3) is 10.9 Å². The number of carbonyl (C=O) groups is 1. The van der Waals surface area contributed by atoms with Crippen molar-refractivity contribution in [2.45, 2.75) is 0 Å². The van der Waals surface area contributed by atoms with Crippen LogP contribution in [0.15, 0.2) is 42.7 Å². The Morgan fingerprint density at radius 1 is 1.35 bits per heavy atom. The molecule has 0 fully saturated rings. The van der Waals surface area contributed by atoms with Gasteiger partial charge in [0, 0.05) is 28.5 Å². The molecule has 5 nitrogen and oxygen atoms in total. The van der Waals surface area contributed by atoms with Crippen LogP contribution in [0.5, 0.6) is 0 Å².